The number of Topliss-reactive ketones (excluding diaryl/α,β-unsaturated/α-hetero) is 1. The van der Waals surface area contributed by atoms with E-state index < -0.39 is 11.7 Å². The summed E-state index contributed by atoms with van der Waals surface area (Å²) in [5.41, 5.74) is 1.81. The van der Waals surface area contributed by atoms with Crippen LogP contribution in [-0.4, -0.2) is 30.7 Å². The lowest BCUT2D eigenvalue weighted by atomic mass is 10.1. The number of anilines is 1. The highest BCUT2D eigenvalue weighted by Gasteiger charge is 2.36. The molecule has 0 aromatic heterocycles. The van der Waals surface area contributed by atoms with Crippen LogP contribution in [0.25, 0.3) is 0 Å². The van der Waals surface area contributed by atoms with Crippen molar-refractivity contribution in [1.82, 2.24) is 5.32 Å². The maximum absolute atomic E-state index is 11.9. The van der Waals surface area contributed by atoms with Crippen LogP contribution in [0, 0.1) is 12.8 Å². The van der Waals surface area contributed by atoms with Crippen molar-refractivity contribution < 1.29 is 14.4 Å². The first kappa shape index (κ1) is 14.2. The summed E-state index contributed by atoms with van der Waals surface area (Å²) >= 11 is 0. The second-order valence-electron chi connectivity index (χ2n) is 5.44. The number of carbonyl (C=O) groups excluding carboxylic acids is 3. The Morgan fingerprint density at radius 1 is 1.30 bits per heavy atom. The van der Waals surface area contributed by atoms with E-state index in [1.165, 1.54) is 4.90 Å². The second kappa shape index (κ2) is 5.45. The van der Waals surface area contributed by atoms with Gasteiger partial charge in [-0.1, -0.05) is 25.5 Å². The van der Waals surface area contributed by atoms with Crippen LogP contribution < -0.4 is 10.2 Å². The maximum Gasteiger partial charge on any atom is 0.299 e. The van der Waals surface area contributed by atoms with Crippen molar-refractivity contribution in [1.29, 1.82) is 0 Å². The third-order valence-corrected chi connectivity index (χ3v) is 3.14. The third-order valence-electron chi connectivity index (χ3n) is 3.14. The van der Waals surface area contributed by atoms with Crippen molar-refractivity contribution >= 4 is 23.3 Å². The normalized spacial score (nSPS) is 13.9. The standard InChI is InChI=1S/C15H18N2O3/c1-9(2)7-16-13(18)8-17-12-5-4-10(3)6-11(12)14(19)15(17)20/h4-6,9H,7-8H2,1-3H3,(H,16,18). The molecule has 1 aliphatic rings. The predicted octanol–water partition coefficient (Wildman–Crippen LogP) is 1.30. The number of hydrogen-bond donors (Lipinski definition) is 1. The summed E-state index contributed by atoms with van der Waals surface area (Å²) in [6.07, 6.45) is 0. The zero-order valence-electron chi connectivity index (χ0n) is 11.9. The van der Waals surface area contributed by atoms with E-state index in [0.717, 1.165) is 5.56 Å². The fraction of sp³-hybridized carbons (Fsp3) is 0.400. The van der Waals surface area contributed by atoms with Gasteiger partial charge in [0.1, 0.15) is 6.54 Å². The van der Waals surface area contributed by atoms with Crippen LogP contribution in [0.5, 0.6) is 0 Å². The highest BCUT2D eigenvalue weighted by Crippen LogP contribution is 2.29. The largest absolute Gasteiger partial charge is 0.354 e. The van der Waals surface area contributed by atoms with Gasteiger partial charge in [-0.3, -0.25) is 19.3 Å². The minimum Gasteiger partial charge on any atom is -0.354 e. The highest BCUT2D eigenvalue weighted by molar-refractivity contribution is 6.52. The first-order chi connectivity index (χ1) is 9.40. The van der Waals surface area contributed by atoms with Crippen LogP contribution in [-0.2, 0) is 9.59 Å². The van der Waals surface area contributed by atoms with Crippen LogP contribution >= 0.6 is 0 Å². The molecule has 0 aliphatic carbocycles. The molecule has 2 amide bonds. The molecule has 1 aromatic rings. The molecule has 20 heavy (non-hydrogen) atoms. The Bertz CT molecular complexity index is 578. The van der Waals surface area contributed by atoms with E-state index in [9.17, 15) is 14.4 Å². The number of amides is 2. The predicted molar refractivity (Wildman–Crippen MR) is 75.7 cm³/mol. The van der Waals surface area contributed by atoms with Crippen molar-refractivity contribution in [3.8, 4) is 0 Å². The summed E-state index contributed by atoms with van der Waals surface area (Å²) in [7, 11) is 0. The van der Waals surface area contributed by atoms with Gasteiger partial charge in [-0.05, 0) is 25.0 Å². The van der Waals surface area contributed by atoms with Crippen LogP contribution in [0.3, 0.4) is 0 Å². The summed E-state index contributed by atoms with van der Waals surface area (Å²) in [4.78, 5) is 36.9. The molecule has 0 atom stereocenters. The van der Waals surface area contributed by atoms with Gasteiger partial charge in [0.05, 0.1) is 11.3 Å². The number of aryl methyl sites for hydroxylation is 1. The molecule has 5 heteroatoms. The van der Waals surface area contributed by atoms with Gasteiger partial charge in [-0.15, -0.1) is 0 Å². The van der Waals surface area contributed by atoms with Crippen molar-refractivity contribution in [2.24, 2.45) is 5.92 Å². The Kier molecular flexibility index (Phi) is 3.88. The molecular formula is C15H18N2O3. The van der Waals surface area contributed by atoms with E-state index in [4.69, 9.17) is 0 Å². The lowest BCUT2D eigenvalue weighted by molar-refractivity contribution is -0.122. The van der Waals surface area contributed by atoms with E-state index in [1.807, 2.05) is 26.8 Å². The zero-order chi connectivity index (χ0) is 14.9. The summed E-state index contributed by atoms with van der Waals surface area (Å²) in [6, 6.07) is 5.22. The molecule has 1 aliphatic heterocycles. The fourth-order valence-corrected chi connectivity index (χ4v) is 2.09. The van der Waals surface area contributed by atoms with E-state index in [2.05, 4.69) is 5.32 Å². The lowest BCUT2D eigenvalue weighted by Gasteiger charge is -2.16. The molecular weight excluding hydrogens is 256 g/mol. The number of benzene rings is 1. The Hall–Kier alpha value is -2.17. The first-order valence-electron chi connectivity index (χ1n) is 6.63. The van der Waals surface area contributed by atoms with Crippen LogP contribution in [0.15, 0.2) is 18.2 Å². The van der Waals surface area contributed by atoms with Gasteiger partial charge in [0.2, 0.25) is 5.91 Å². The van der Waals surface area contributed by atoms with Gasteiger partial charge in [-0.2, -0.15) is 0 Å². The Morgan fingerprint density at radius 3 is 2.65 bits per heavy atom. The Balaban J connectivity index is 2.16. The lowest BCUT2D eigenvalue weighted by Crippen LogP contribution is -2.41. The molecule has 0 saturated heterocycles. The fourth-order valence-electron chi connectivity index (χ4n) is 2.09. The van der Waals surface area contributed by atoms with Crippen molar-refractivity contribution in [2.45, 2.75) is 20.8 Å². The van der Waals surface area contributed by atoms with Crippen LogP contribution in [0.4, 0.5) is 5.69 Å². The molecule has 5 nitrogen and oxygen atoms in total. The van der Waals surface area contributed by atoms with Crippen molar-refractivity contribution in [2.75, 3.05) is 18.0 Å². The molecule has 0 spiro atoms. The number of nitrogens with one attached hydrogen (secondary N) is 1. The number of rotatable bonds is 4. The molecule has 2 rings (SSSR count). The maximum atomic E-state index is 11.9. The molecule has 0 unspecified atom stereocenters. The van der Waals surface area contributed by atoms with E-state index >= 15 is 0 Å². The molecule has 1 aromatic carbocycles. The number of ketones is 1. The number of carbonyl (C=O) groups is 3. The molecule has 1 N–H and O–H groups in total. The van der Waals surface area contributed by atoms with Gasteiger partial charge < -0.3 is 5.32 Å². The van der Waals surface area contributed by atoms with Crippen molar-refractivity contribution in [3.05, 3.63) is 29.3 Å². The Morgan fingerprint density at radius 2 is 2.00 bits per heavy atom. The average molecular weight is 274 g/mol. The molecule has 0 radical (unpaired) electrons. The van der Waals surface area contributed by atoms with Gasteiger partial charge >= 0.3 is 0 Å². The third kappa shape index (κ3) is 2.71. The summed E-state index contributed by atoms with van der Waals surface area (Å²) in [5, 5.41) is 2.74. The quantitative estimate of drug-likeness (QED) is 0.841. The summed E-state index contributed by atoms with van der Waals surface area (Å²) in [6.45, 7) is 6.27. The monoisotopic (exact) mass is 274 g/mol. The second-order valence-corrected chi connectivity index (χ2v) is 5.44. The first-order valence-corrected chi connectivity index (χ1v) is 6.63. The average Bonchev–Trinajstić information content (AvgIpc) is 2.61. The molecule has 1 heterocycles. The zero-order valence-corrected chi connectivity index (χ0v) is 11.9. The number of nitrogens with zero attached hydrogens (tertiary/aromatic N) is 1. The van der Waals surface area contributed by atoms with Gasteiger partial charge in [0.25, 0.3) is 11.7 Å². The smallest absolute Gasteiger partial charge is 0.299 e. The molecule has 106 valence electrons. The minimum atomic E-state index is -0.634. The van der Waals surface area contributed by atoms with E-state index in [0.29, 0.717) is 23.7 Å². The van der Waals surface area contributed by atoms with Gasteiger partial charge in [-0.25, -0.2) is 0 Å². The summed E-state index contributed by atoms with van der Waals surface area (Å²) < 4.78 is 0. The topological polar surface area (TPSA) is 66.5 Å². The van der Waals surface area contributed by atoms with Gasteiger partial charge in [0, 0.05) is 6.54 Å². The van der Waals surface area contributed by atoms with Crippen molar-refractivity contribution in [3.63, 3.8) is 0 Å². The Labute approximate surface area is 118 Å². The van der Waals surface area contributed by atoms with E-state index in [-0.39, 0.29) is 12.5 Å². The van der Waals surface area contributed by atoms with E-state index in [1.54, 1.807) is 12.1 Å². The SMILES string of the molecule is Cc1ccc2c(c1)C(=O)C(=O)N2CC(=O)NCC(C)C. The molecule has 0 bridgehead atoms. The molecule has 0 saturated carbocycles. The van der Waals surface area contributed by atoms with Crippen LogP contribution in [0.2, 0.25) is 0 Å². The van der Waals surface area contributed by atoms with Crippen LogP contribution in [0.1, 0.15) is 29.8 Å². The molecule has 0 fully saturated rings. The number of fused-ring (bicyclic) bond motifs is 1. The number of hydrogen-bond acceptors (Lipinski definition) is 3. The minimum absolute atomic E-state index is 0.118. The van der Waals surface area contributed by atoms with Gasteiger partial charge in [0.15, 0.2) is 0 Å². The highest BCUT2D eigenvalue weighted by atomic mass is 16.2. The summed E-state index contributed by atoms with van der Waals surface area (Å²) in [5.74, 6) is -1.09.